The predicted octanol–water partition coefficient (Wildman–Crippen LogP) is 2.79. The maximum Gasteiger partial charge on any atom is 0.255 e. The van der Waals surface area contributed by atoms with Crippen molar-refractivity contribution in [2.75, 3.05) is 17.7 Å². The second-order valence-electron chi connectivity index (χ2n) is 4.33. The van der Waals surface area contributed by atoms with E-state index in [9.17, 15) is 4.79 Å². The van der Waals surface area contributed by atoms with Crippen LogP contribution in [-0.4, -0.2) is 12.5 Å². The molecule has 0 spiro atoms. The van der Waals surface area contributed by atoms with Crippen molar-refractivity contribution in [2.24, 2.45) is 0 Å². The molecular weight excluding hydrogens is 266 g/mol. The Kier molecular flexibility index (Phi) is 4.42. The summed E-state index contributed by atoms with van der Waals surface area (Å²) in [6.07, 6.45) is 0. The van der Waals surface area contributed by atoms with Crippen LogP contribution in [0, 0.1) is 11.3 Å². The van der Waals surface area contributed by atoms with Crippen LogP contribution in [0.1, 0.15) is 22.8 Å². The van der Waals surface area contributed by atoms with E-state index in [0.717, 1.165) is 0 Å². The Bertz CT molecular complexity index is 688. The second-order valence-corrected chi connectivity index (χ2v) is 4.33. The molecule has 0 bridgehead atoms. The Balaban J connectivity index is 2.16. The van der Waals surface area contributed by atoms with Gasteiger partial charge in [-0.2, -0.15) is 5.26 Å². The zero-order valence-electron chi connectivity index (χ0n) is 11.6. The second kappa shape index (κ2) is 6.44. The average molecular weight is 281 g/mol. The molecule has 0 aromatic heterocycles. The molecule has 0 fully saturated rings. The first-order valence-electron chi connectivity index (χ1n) is 6.48. The first-order valence-corrected chi connectivity index (χ1v) is 6.48. The summed E-state index contributed by atoms with van der Waals surface area (Å²) >= 11 is 0. The van der Waals surface area contributed by atoms with Gasteiger partial charge in [-0.15, -0.1) is 0 Å². The zero-order valence-corrected chi connectivity index (χ0v) is 11.6. The summed E-state index contributed by atoms with van der Waals surface area (Å²) in [6.45, 7) is 2.47. The Morgan fingerprint density at radius 1 is 1.29 bits per heavy atom. The van der Waals surface area contributed by atoms with Gasteiger partial charge >= 0.3 is 0 Å². The van der Waals surface area contributed by atoms with Crippen molar-refractivity contribution in [1.29, 1.82) is 5.26 Å². The van der Waals surface area contributed by atoms with Crippen molar-refractivity contribution in [3.8, 4) is 11.8 Å². The fourth-order valence-electron chi connectivity index (χ4n) is 1.83. The van der Waals surface area contributed by atoms with Crippen LogP contribution in [0.4, 0.5) is 11.4 Å². The Labute approximate surface area is 123 Å². The maximum atomic E-state index is 12.1. The Morgan fingerprint density at radius 3 is 2.62 bits per heavy atom. The number of nitriles is 1. The largest absolute Gasteiger partial charge is 0.494 e. The molecule has 0 aliphatic carbocycles. The third-order valence-electron chi connectivity index (χ3n) is 2.84. The van der Waals surface area contributed by atoms with E-state index in [0.29, 0.717) is 34.9 Å². The van der Waals surface area contributed by atoms with E-state index in [4.69, 9.17) is 15.7 Å². The summed E-state index contributed by atoms with van der Waals surface area (Å²) in [5.41, 5.74) is 7.34. The van der Waals surface area contributed by atoms with Crippen LogP contribution in [0.15, 0.2) is 42.5 Å². The molecule has 0 saturated carbocycles. The molecule has 0 atom stereocenters. The van der Waals surface area contributed by atoms with Crippen molar-refractivity contribution >= 4 is 17.3 Å². The lowest BCUT2D eigenvalue weighted by atomic mass is 10.1. The van der Waals surface area contributed by atoms with Crippen LogP contribution in [0.2, 0.25) is 0 Å². The van der Waals surface area contributed by atoms with Crippen LogP contribution >= 0.6 is 0 Å². The summed E-state index contributed by atoms with van der Waals surface area (Å²) in [4.78, 5) is 12.1. The van der Waals surface area contributed by atoms with E-state index in [2.05, 4.69) is 5.32 Å². The molecule has 0 radical (unpaired) electrons. The number of carbonyl (C=O) groups excluding carboxylic acids is 1. The summed E-state index contributed by atoms with van der Waals surface area (Å²) in [5, 5.41) is 11.7. The van der Waals surface area contributed by atoms with Gasteiger partial charge in [0.2, 0.25) is 0 Å². The number of ether oxygens (including phenoxy) is 1. The van der Waals surface area contributed by atoms with Gasteiger partial charge in [0.05, 0.1) is 17.9 Å². The lowest BCUT2D eigenvalue weighted by molar-refractivity contribution is 0.102. The quantitative estimate of drug-likeness (QED) is 0.843. The van der Waals surface area contributed by atoms with Crippen LogP contribution < -0.4 is 15.8 Å². The average Bonchev–Trinajstić information content (AvgIpc) is 2.50. The monoisotopic (exact) mass is 281 g/mol. The number of amides is 1. The molecule has 2 aromatic carbocycles. The van der Waals surface area contributed by atoms with E-state index in [1.807, 2.05) is 13.0 Å². The first-order chi connectivity index (χ1) is 10.1. The van der Waals surface area contributed by atoms with Crippen LogP contribution in [0.3, 0.4) is 0 Å². The molecule has 2 aromatic rings. The standard InChI is InChI=1S/C16H15N3O2/c1-2-21-14-6-3-11(4-7-14)16(20)19-15-8-5-13(18)9-12(15)10-17/h3-9H,2,18H2,1H3,(H,19,20). The van der Waals surface area contributed by atoms with Gasteiger partial charge in [-0.1, -0.05) is 0 Å². The van der Waals surface area contributed by atoms with Gasteiger partial charge in [0, 0.05) is 11.3 Å². The normalized spacial score (nSPS) is 9.71. The number of nitrogens with zero attached hydrogens (tertiary/aromatic N) is 1. The smallest absolute Gasteiger partial charge is 0.255 e. The van der Waals surface area contributed by atoms with Gasteiger partial charge in [-0.05, 0) is 49.4 Å². The summed E-state index contributed by atoms with van der Waals surface area (Å²) < 4.78 is 5.32. The molecule has 1 amide bonds. The molecule has 0 heterocycles. The zero-order chi connectivity index (χ0) is 15.2. The summed E-state index contributed by atoms with van der Waals surface area (Å²) in [7, 11) is 0. The number of nitrogen functional groups attached to an aromatic ring is 1. The number of nitrogens with one attached hydrogen (secondary N) is 1. The highest BCUT2D eigenvalue weighted by atomic mass is 16.5. The lowest BCUT2D eigenvalue weighted by Gasteiger charge is -2.08. The van der Waals surface area contributed by atoms with Crippen molar-refractivity contribution in [2.45, 2.75) is 6.92 Å². The molecule has 5 nitrogen and oxygen atoms in total. The molecule has 21 heavy (non-hydrogen) atoms. The number of anilines is 2. The highest BCUT2D eigenvalue weighted by Crippen LogP contribution is 2.19. The Hall–Kier alpha value is -3.00. The minimum absolute atomic E-state index is 0.292. The molecule has 3 N–H and O–H groups in total. The van der Waals surface area contributed by atoms with Crippen LogP contribution in [-0.2, 0) is 0 Å². The minimum atomic E-state index is -0.292. The van der Waals surface area contributed by atoms with E-state index < -0.39 is 0 Å². The molecule has 0 aliphatic heterocycles. The predicted molar refractivity (Wildman–Crippen MR) is 81.1 cm³/mol. The topological polar surface area (TPSA) is 88.1 Å². The van der Waals surface area contributed by atoms with Crippen molar-refractivity contribution < 1.29 is 9.53 Å². The van der Waals surface area contributed by atoms with Crippen molar-refractivity contribution in [1.82, 2.24) is 0 Å². The van der Waals surface area contributed by atoms with E-state index in [-0.39, 0.29) is 5.91 Å². The fraction of sp³-hybridized carbons (Fsp3) is 0.125. The third kappa shape index (κ3) is 3.51. The van der Waals surface area contributed by atoms with Gasteiger partial charge in [-0.25, -0.2) is 0 Å². The molecule has 0 unspecified atom stereocenters. The number of carbonyl (C=O) groups is 1. The van der Waals surface area contributed by atoms with E-state index in [1.54, 1.807) is 36.4 Å². The van der Waals surface area contributed by atoms with Gasteiger partial charge in [0.25, 0.3) is 5.91 Å². The number of benzene rings is 2. The number of rotatable bonds is 4. The van der Waals surface area contributed by atoms with Crippen LogP contribution in [0.5, 0.6) is 5.75 Å². The third-order valence-corrected chi connectivity index (χ3v) is 2.84. The van der Waals surface area contributed by atoms with Gasteiger partial charge in [-0.3, -0.25) is 4.79 Å². The molecule has 0 aliphatic rings. The number of hydrogen-bond acceptors (Lipinski definition) is 4. The summed E-state index contributed by atoms with van der Waals surface area (Å²) in [5.74, 6) is 0.415. The highest BCUT2D eigenvalue weighted by Gasteiger charge is 2.09. The minimum Gasteiger partial charge on any atom is -0.494 e. The molecule has 2 rings (SSSR count). The SMILES string of the molecule is CCOc1ccc(C(=O)Nc2ccc(N)cc2C#N)cc1. The molecule has 0 saturated heterocycles. The summed E-state index contributed by atoms with van der Waals surface area (Å²) in [6, 6.07) is 13.6. The van der Waals surface area contributed by atoms with Crippen molar-refractivity contribution in [3.63, 3.8) is 0 Å². The molecular formula is C16H15N3O2. The maximum absolute atomic E-state index is 12.1. The van der Waals surface area contributed by atoms with Gasteiger partial charge in [0.15, 0.2) is 0 Å². The van der Waals surface area contributed by atoms with Gasteiger partial charge < -0.3 is 15.8 Å². The molecule has 106 valence electrons. The van der Waals surface area contributed by atoms with Crippen molar-refractivity contribution in [3.05, 3.63) is 53.6 Å². The number of nitrogens with two attached hydrogens (primary N) is 1. The van der Waals surface area contributed by atoms with Gasteiger partial charge in [0.1, 0.15) is 11.8 Å². The van der Waals surface area contributed by atoms with E-state index in [1.165, 1.54) is 6.07 Å². The van der Waals surface area contributed by atoms with Crippen LogP contribution in [0.25, 0.3) is 0 Å². The lowest BCUT2D eigenvalue weighted by Crippen LogP contribution is -2.13. The van der Waals surface area contributed by atoms with E-state index >= 15 is 0 Å². The Morgan fingerprint density at radius 2 is 2.00 bits per heavy atom. The molecule has 5 heteroatoms. The number of hydrogen-bond donors (Lipinski definition) is 2. The first kappa shape index (κ1) is 14.4. The fourth-order valence-corrected chi connectivity index (χ4v) is 1.83. The highest BCUT2D eigenvalue weighted by molar-refractivity contribution is 6.05.